The van der Waals surface area contributed by atoms with Gasteiger partial charge in [0.25, 0.3) is 0 Å². The molecular formula is C21H20N4O2S. The summed E-state index contributed by atoms with van der Waals surface area (Å²) in [6.07, 6.45) is 5.49. The molecule has 1 aliphatic carbocycles. The summed E-state index contributed by atoms with van der Waals surface area (Å²) < 4.78 is 0. The molecule has 0 aliphatic heterocycles. The molecule has 0 amide bonds. The first-order valence-corrected chi connectivity index (χ1v) is 10.2. The number of carbonyl (C=O) groups is 1. The highest BCUT2D eigenvalue weighted by Crippen LogP contribution is 2.39. The Bertz CT molecular complexity index is 1210. The molecule has 0 saturated carbocycles. The zero-order valence-corrected chi connectivity index (χ0v) is 16.3. The van der Waals surface area contributed by atoms with Crippen LogP contribution < -0.4 is 5.32 Å². The Morgan fingerprint density at radius 3 is 3.04 bits per heavy atom. The van der Waals surface area contributed by atoms with Crippen LogP contribution in [0.3, 0.4) is 0 Å². The number of rotatable bonds is 5. The second-order valence-electron chi connectivity index (χ2n) is 7.26. The second kappa shape index (κ2) is 6.60. The zero-order chi connectivity index (χ0) is 19.3. The highest BCUT2D eigenvalue weighted by molar-refractivity contribution is 7.19. The number of aromatic nitrogens is 3. The van der Waals surface area contributed by atoms with Crippen LogP contribution >= 0.6 is 11.3 Å². The van der Waals surface area contributed by atoms with E-state index in [2.05, 4.69) is 20.3 Å². The highest BCUT2D eigenvalue weighted by Gasteiger charge is 2.25. The normalized spacial score (nSPS) is 14.5. The summed E-state index contributed by atoms with van der Waals surface area (Å²) in [4.78, 5) is 26.7. The Balaban J connectivity index is 1.53. The quantitative estimate of drug-likeness (QED) is 0.476. The van der Waals surface area contributed by atoms with Crippen molar-refractivity contribution in [1.82, 2.24) is 15.0 Å². The number of para-hydroxylation sites is 1. The van der Waals surface area contributed by atoms with Gasteiger partial charge in [-0.05, 0) is 43.4 Å². The maximum absolute atomic E-state index is 12.0. The number of anilines is 1. The third-order valence-corrected chi connectivity index (χ3v) is 6.57. The number of aliphatic carboxylic acids is 1. The average Bonchev–Trinajstić information content (AvgIpc) is 3.35. The first kappa shape index (κ1) is 17.2. The molecule has 1 aromatic carbocycles. The molecule has 0 bridgehead atoms. The van der Waals surface area contributed by atoms with Crippen LogP contribution in [0.5, 0.6) is 0 Å². The summed E-state index contributed by atoms with van der Waals surface area (Å²) in [6, 6.07) is 7.17. The maximum atomic E-state index is 12.0. The van der Waals surface area contributed by atoms with E-state index in [1.54, 1.807) is 11.3 Å². The predicted molar refractivity (Wildman–Crippen MR) is 111 cm³/mol. The number of hydrogen-bond acceptors (Lipinski definition) is 5. The van der Waals surface area contributed by atoms with Crippen molar-refractivity contribution in [1.29, 1.82) is 0 Å². The summed E-state index contributed by atoms with van der Waals surface area (Å²) in [7, 11) is 0. The van der Waals surface area contributed by atoms with Crippen LogP contribution in [0.1, 0.15) is 28.2 Å². The lowest BCUT2D eigenvalue weighted by Gasteiger charge is -2.16. The minimum absolute atomic E-state index is 0.371. The van der Waals surface area contributed by atoms with Crippen molar-refractivity contribution in [2.75, 3.05) is 5.32 Å². The van der Waals surface area contributed by atoms with Gasteiger partial charge < -0.3 is 15.4 Å². The number of carboxylic acids is 1. The van der Waals surface area contributed by atoms with Crippen molar-refractivity contribution in [3.8, 4) is 0 Å². The van der Waals surface area contributed by atoms with E-state index in [1.165, 1.54) is 10.4 Å². The van der Waals surface area contributed by atoms with Crippen molar-refractivity contribution in [3.63, 3.8) is 0 Å². The van der Waals surface area contributed by atoms with Gasteiger partial charge in [-0.25, -0.2) is 14.8 Å². The van der Waals surface area contributed by atoms with Gasteiger partial charge in [-0.3, -0.25) is 0 Å². The topological polar surface area (TPSA) is 90.9 Å². The molecule has 1 aliphatic rings. The van der Waals surface area contributed by atoms with Crippen molar-refractivity contribution >= 4 is 44.2 Å². The summed E-state index contributed by atoms with van der Waals surface area (Å²) >= 11 is 1.71. The summed E-state index contributed by atoms with van der Waals surface area (Å²) in [5.41, 5.74) is 3.28. The molecule has 3 aromatic heterocycles. The van der Waals surface area contributed by atoms with Crippen molar-refractivity contribution in [3.05, 3.63) is 52.3 Å². The second-order valence-corrected chi connectivity index (χ2v) is 8.34. The molecule has 0 saturated heterocycles. The Morgan fingerprint density at radius 1 is 1.32 bits per heavy atom. The number of fused-ring (bicyclic) bond motifs is 4. The van der Waals surface area contributed by atoms with Crippen molar-refractivity contribution in [2.24, 2.45) is 0 Å². The van der Waals surface area contributed by atoms with Gasteiger partial charge in [0.05, 0.1) is 5.39 Å². The van der Waals surface area contributed by atoms with Crippen LogP contribution in [0.2, 0.25) is 0 Å². The van der Waals surface area contributed by atoms with Crippen LogP contribution in [0, 0.1) is 6.92 Å². The van der Waals surface area contributed by atoms with Gasteiger partial charge in [-0.15, -0.1) is 11.3 Å². The average molecular weight is 392 g/mol. The van der Waals surface area contributed by atoms with E-state index in [4.69, 9.17) is 0 Å². The Kier molecular flexibility index (Phi) is 4.05. The van der Waals surface area contributed by atoms with E-state index in [0.717, 1.165) is 45.9 Å². The molecule has 0 spiro atoms. The van der Waals surface area contributed by atoms with Gasteiger partial charge >= 0.3 is 5.97 Å². The lowest BCUT2D eigenvalue weighted by Crippen LogP contribution is -2.32. The fourth-order valence-corrected chi connectivity index (χ4v) is 5.40. The molecular weight excluding hydrogens is 372 g/mol. The van der Waals surface area contributed by atoms with Crippen LogP contribution in [-0.2, 0) is 24.1 Å². The molecule has 0 radical (unpaired) electrons. The Morgan fingerprint density at radius 2 is 2.18 bits per heavy atom. The summed E-state index contributed by atoms with van der Waals surface area (Å²) in [5, 5.41) is 15.2. The van der Waals surface area contributed by atoms with Gasteiger partial charge in [-0.2, -0.15) is 0 Å². The molecule has 142 valence electrons. The van der Waals surface area contributed by atoms with Gasteiger partial charge in [-0.1, -0.05) is 18.2 Å². The number of aryl methyl sites for hydroxylation is 3. The first-order valence-electron chi connectivity index (χ1n) is 9.43. The minimum Gasteiger partial charge on any atom is -0.480 e. The number of nitrogens with zero attached hydrogens (tertiary/aromatic N) is 2. The smallest absolute Gasteiger partial charge is 0.326 e. The maximum Gasteiger partial charge on any atom is 0.326 e. The number of H-pyrrole nitrogens is 1. The molecule has 28 heavy (non-hydrogen) atoms. The Labute approximate surface area is 165 Å². The molecule has 3 N–H and O–H groups in total. The van der Waals surface area contributed by atoms with Crippen LogP contribution in [0.25, 0.3) is 21.1 Å². The van der Waals surface area contributed by atoms with Gasteiger partial charge in [0.2, 0.25) is 0 Å². The van der Waals surface area contributed by atoms with Crippen LogP contribution in [0.4, 0.5) is 5.82 Å². The van der Waals surface area contributed by atoms with E-state index in [1.807, 2.05) is 37.4 Å². The van der Waals surface area contributed by atoms with Gasteiger partial charge in [0.1, 0.15) is 22.5 Å². The molecule has 7 heteroatoms. The monoisotopic (exact) mass is 392 g/mol. The van der Waals surface area contributed by atoms with E-state index < -0.39 is 12.0 Å². The van der Waals surface area contributed by atoms with Crippen molar-refractivity contribution in [2.45, 2.75) is 38.6 Å². The molecule has 4 aromatic rings. The largest absolute Gasteiger partial charge is 0.480 e. The predicted octanol–water partition coefficient (Wildman–Crippen LogP) is 4.08. The molecule has 5 rings (SSSR count). The van der Waals surface area contributed by atoms with E-state index in [9.17, 15) is 9.90 Å². The van der Waals surface area contributed by atoms with E-state index in [-0.39, 0.29) is 0 Å². The number of benzene rings is 1. The van der Waals surface area contributed by atoms with Crippen molar-refractivity contribution < 1.29 is 9.90 Å². The SMILES string of the molecule is Cc1nc(NC(Cc2c[nH]c3ccccc23)C(=O)O)c2c3c(sc2n1)CCC3. The fourth-order valence-electron chi connectivity index (χ4n) is 4.09. The lowest BCUT2D eigenvalue weighted by atomic mass is 10.0. The third-order valence-electron chi connectivity index (χ3n) is 5.38. The zero-order valence-electron chi connectivity index (χ0n) is 15.5. The van der Waals surface area contributed by atoms with Crippen LogP contribution in [-0.4, -0.2) is 32.1 Å². The standard InChI is InChI=1S/C21H20N4O2S/c1-11-23-19(18-14-6-4-8-17(14)28-20(18)24-11)25-16(21(26)27)9-12-10-22-15-7-3-2-5-13(12)15/h2-3,5,7,10,16,22H,4,6,8-9H2,1H3,(H,26,27)(H,23,24,25). The fraction of sp³-hybridized carbons (Fsp3) is 0.286. The highest BCUT2D eigenvalue weighted by atomic mass is 32.1. The third kappa shape index (κ3) is 2.82. The molecule has 1 unspecified atom stereocenters. The lowest BCUT2D eigenvalue weighted by molar-refractivity contribution is -0.137. The van der Waals surface area contributed by atoms with Gasteiger partial charge in [0.15, 0.2) is 0 Å². The molecule has 6 nitrogen and oxygen atoms in total. The first-order chi connectivity index (χ1) is 13.6. The summed E-state index contributed by atoms with van der Waals surface area (Å²) in [6.45, 7) is 1.85. The molecule has 1 atom stereocenters. The summed E-state index contributed by atoms with van der Waals surface area (Å²) in [5.74, 6) is 0.418. The molecule has 3 heterocycles. The number of carboxylic acid groups (broad SMARTS) is 1. The molecule has 0 fully saturated rings. The van der Waals surface area contributed by atoms with Gasteiger partial charge in [0, 0.05) is 28.4 Å². The minimum atomic E-state index is -0.887. The number of thiophene rings is 1. The number of nitrogens with one attached hydrogen (secondary N) is 2. The van der Waals surface area contributed by atoms with Crippen LogP contribution in [0.15, 0.2) is 30.5 Å². The number of aromatic amines is 1. The van der Waals surface area contributed by atoms with E-state index in [0.29, 0.717) is 18.1 Å². The van der Waals surface area contributed by atoms with E-state index >= 15 is 0 Å². The Hall–Kier alpha value is -2.93. The number of hydrogen-bond donors (Lipinski definition) is 3.